The van der Waals surface area contributed by atoms with Gasteiger partial charge in [0.2, 0.25) is 47.3 Å². The fourth-order valence-electron chi connectivity index (χ4n) is 9.23. The van der Waals surface area contributed by atoms with Gasteiger partial charge >= 0.3 is 17.9 Å². The summed E-state index contributed by atoms with van der Waals surface area (Å²) in [5.41, 5.74) is 12.3. The largest absolute Gasteiger partial charge is 0.508 e. The molecule has 0 saturated carbocycles. The molecule has 4 atom stereocenters. The summed E-state index contributed by atoms with van der Waals surface area (Å²) < 4.78 is 10.8. The molecule has 0 unspecified atom stereocenters. The van der Waals surface area contributed by atoms with E-state index in [9.17, 15) is 63.0 Å². The highest BCUT2D eigenvalue weighted by Gasteiger charge is 2.36. The second-order valence-electron chi connectivity index (χ2n) is 21.0. The Kier molecular flexibility index (Phi) is 33.0. The number of aromatic hydroxyl groups is 1. The number of hydrogen-bond acceptors (Lipinski definition) is 19. The van der Waals surface area contributed by atoms with E-state index in [0.717, 1.165) is 15.7 Å². The minimum Gasteiger partial charge on any atom is -0.508 e. The minimum absolute atomic E-state index is 0.00759. The van der Waals surface area contributed by atoms with Crippen molar-refractivity contribution in [1.82, 2.24) is 62.6 Å². The Bertz CT molecular complexity index is 2900. The van der Waals surface area contributed by atoms with Gasteiger partial charge in [-0.3, -0.25) is 67.5 Å². The maximum absolute atomic E-state index is 14.6. The van der Waals surface area contributed by atoms with Crippen LogP contribution in [0.2, 0.25) is 0 Å². The third-order valence-corrected chi connectivity index (χ3v) is 13.8. The maximum atomic E-state index is 14.6. The van der Waals surface area contributed by atoms with Crippen LogP contribution >= 0.6 is 0 Å². The predicted molar refractivity (Wildman–Crippen MR) is 326 cm³/mol. The van der Waals surface area contributed by atoms with Gasteiger partial charge in [-0.2, -0.15) is 0 Å². The molecule has 32 nitrogen and oxygen atoms in total. The van der Waals surface area contributed by atoms with Crippen LogP contribution in [0, 0.1) is 0 Å². The van der Waals surface area contributed by atoms with Crippen LogP contribution in [0.15, 0.2) is 71.7 Å². The van der Waals surface area contributed by atoms with Crippen molar-refractivity contribution in [3.05, 3.63) is 77.9 Å². The number of nitrogens with one attached hydrogen (secondary N) is 9. The van der Waals surface area contributed by atoms with E-state index < -0.39 is 103 Å². The summed E-state index contributed by atoms with van der Waals surface area (Å²) in [5, 5.41) is 63.0. The topological polar surface area (TPSA) is 470 Å². The fourth-order valence-corrected chi connectivity index (χ4v) is 9.23. The van der Waals surface area contributed by atoms with E-state index in [1.807, 2.05) is 42.5 Å². The van der Waals surface area contributed by atoms with E-state index in [-0.39, 0.29) is 161 Å². The zero-order valence-corrected chi connectivity index (χ0v) is 50.4. The first kappa shape index (κ1) is 73.4. The Morgan fingerprint density at radius 2 is 1.23 bits per heavy atom. The van der Waals surface area contributed by atoms with Gasteiger partial charge in [0.15, 0.2) is 5.96 Å². The normalized spacial score (nSPS) is 16.7. The molecule has 3 aromatic carbocycles. The first-order valence-electron chi connectivity index (χ1n) is 29.3. The Hall–Kier alpha value is -9.08. The van der Waals surface area contributed by atoms with Crippen molar-refractivity contribution in [2.75, 3.05) is 132 Å². The number of likely N-dealkylation sites (N-methyl/N-ethyl adjacent to an activating group) is 1. The number of carbonyl (C=O) groups is 11. The Morgan fingerprint density at radius 1 is 0.611 bits per heavy atom. The number of ether oxygens (including phenoxy) is 2. The molecule has 0 spiro atoms. The summed E-state index contributed by atoms with van der Waals surface area (Å²) >= 11 is 0. The zero-order chi connectivity index (χ0) is 65.8. The molecule has 494 valence electrons. The van der Waals surface area contributed by atoms with E-state index in [4.69, 9.17) is 31.2 Å². The number of fused-ring (bicyclic) bond motifs is 1. The number of rotatable bonds is 39. The SMILES string of the molecule is CN1C(=O)[C@@H](Cc2ccc(O)cc2)NC(=O)CNC(=O)[C@H](Cc2ccc3ccccc3c2)NC(=O)[C@H](CCCN=C(N)N)NC(=O)[C@H]1CCCNC(=O)CNC(=O)COCCOCCNC(=O)CN(CCNCC(=O)O)CCN(CCNCC(=O)O)CC(=O)O. The number of carboxylic acids is 3. The summed E-state index contributed by atoms with van der Waals surface area (Å²) in [6, 6.07) is 13.9. The predicted octanol–water partition coefficient (Wildman–Crippen LogP) is -5.01. The molecular formula is C58H85N15O17. The lowest BCUT2D eigenvalue weighted by atomic mass is 10.00. The third kappa shape index (κ3) is 29.7. The van der Waals surface area contributed by atoms with Crippen molar-refractivity contribution in [2.45, 2.75) is 62.7 Å². The van der Waals surface area contributed by atoms with Gasteiger partial charge in [-0.05, 0) is 59.7 Å². The number of aliphatic imine (C=N–C) groups is 1. The quantitative estimate of drug-likeness (QED) is 0.0144. The van der Waals surface area contributed by atoms with Crippen molar-refractivity contribution in [3.8, 4) is 5.75 Å². The molecule has 4 rings (SSSR count). The molecule has 90 heavy (non-hydrogen) atoms. The molecule has 1 heterocycles. The van der Waals surface area contributed by atoms with Crippen LogP contribution in [0.5, 0.6) is 5.75 Å². The van der Waals surface area contributed by atoms with Gasteiger partial charge < -0.3 is 94.1 Å². The van der Waals surface area contributed by atoms with Crippen LogP contribution < -0.4 is 59.3 Å². The highest BCUT2D eigenvalue weighted by Crippen LogP contribution is 2.19. The number of amides is 8. The van der Waals surface area contributed by atoms with Crippen molar-refractivity contribution >= 4 is 81.9 Å². The lowest BCUT2D eigenvalue weighted by molar-refractivity contribution is -0.142. The van der Waals surface area contributed by atoms with Gasteiger partial charge in [-0.25, -0.2) is 0 Å². The summed E-state index contributed by atoms with van der Waals surface area (Å²) in [6.45, 7) is -0.908. The minimum atomic E-state index is -1.31. The summed E-state index contributed by atoms with van der Waals surface area (Å²) in [5.74, 6) is -8.77. The van der Waals surface area contributed by atoms with E-state index >= 15 is 0 Å². The number of benzene rings is 3. The van der Waals surface area contributed by atoms with Gasteiger partial charge in [0.05, 0.1) is 59.1 Å². The summed E-state index contributed by atoms with van der Waals surface area (Å²) in [7, 11) is 1.35. The highest BCUT2D eigenvalue weighted by atomic mass is 16.5. The van der Waals surface area contributed by atoms with Crippen LogP contribution in [0.3, 0.4) is 0 Å². The molecular weight excluding hydrogens is 1180 g/mol. The second kappa shape index (κ2) is 40.5. The average Bonchev–Trinajstić information content (AvgIpc) is 2.13. The van der Waals surface area contributed by atoms with E-state index in [2.05, 4.69) is 52.8 Å². The molecule has 0 aromatic heterocycles. The maximum Gasteiger partial charge on any atom is 0.317 e. The molecule has 8 amide bonds. The number of phenolic OH excluding ortho intramolecular Hbond substituents is 1. The van der Waals surface area contributed by atoms with Gasteiger partial charge in [0.1, 0.15) is 36.5 Å². The van der Waals surface area contributed by atoms with Crippen LogP contribution in [0.1, 0.15) is 36.8 Å². The molecule has 32 heteroatoms. The fraction of sp³-hybridized carbons (Fsp3) is 0.517. The number of carbonyl (C=O) groups excluding carboxylic acids is 8. The Balaban J connectivity index is 1.31. The van der Waals surface area contributed by atoms with Crippen LogP contribution in [-0.4, -0.2) is 262 Å². The molecule has 0 bridgehead atoms. The van der Waals surface area contributed by atoms with E-state index in [0.29, 0.717) is 11.1 Å². The number of nitrogens with zero attached hydrogens (tertiary/aromatic N) is 4. The number of nitrogens with two attached hydrogens (primary N) is 2. The van der Waals surface area contributed by atoms with Crippen molar-refractivity contribution in [2.24, 2.45) is 16.5 Å². The smallest absolute Gasteiger partial charge is 0.317 e. The standard InChI is InChI=1S/C58H85N15O17/c1-71-46(9-5-16-63-47(75)31-66-50(78)37-90-27-26-89-25-20-64-49(77)35-72(21-18-61-33-51(79)80)23-24-73(36-53(83)84)22-19-62-34-52(81)82)56(87)69-43(8-4-17-65-58(59)60)55(86)70-44(30-39-10-13-40-6-2-3-7-41(40)28-39)54(85)67-32-48(76)68-45(57(71)88)29-38-11-14-42(74)15-12-38/h2-3,6-7,10-15,28,43-46,61-62,74H,4-5,8-9,16-27,29-37H2,1H3,(H,63,75)(H,64,77)(H,66,78)(H,67,85)(H,68,76)(H,69,87)(H,70,86)(H,79,80)(H,81,82)(H,83,84)(H4,59,60,65)/t43-,44-,45+,46+/m0/s1. The van der Waals surface area contributed by atoms with Crippen LogP contribution in [-0.2, 0) is 75.1 Å². The molecule has 0 aliphatic carbocycles. The van der Waals surface area contributed by atoms with Crippen LogP contribution in [0.4, 0.5) is 0 Å². The zero-order valence-electron chi connectivity index (χ0n) is 50.4. The third-order valence-electron chi connectivity index (χ3n) is 13.8. The van der Waals surface area contributed by atoms with Crippen LogP contribution in [0.25, 0.3) is 10.8 Å². The Morgan fingerprint density at radius 3 is 1.90 bits per heavy atom. The molecule has 1 aliphatic heterocycles. The molecule has 0 radical (unpaired) electrons. The van der Waals surface area contributed by atoms with Crippen molar-refractivity contribution in [3.63, 3.8) is 0 Å². The van der Waals surface area contributed by atoms with E-state index in [1.54, 1.807) is 21.9 Å². The van der Waals surface area contributed by atoms with Gasteiger partial charge in [0.25, 0.3) is 0 Å². The first-order valence-corrected chi connectivity index (χ1v) is 29.3. The summed E-state index contributed by atoms with van der Waals surface area (Å²) in [6.07, 6.45) is 0.0857. The lowest BCUT2D eigenvalue weighted by Crippen LogP contribution is -2.58. The second-order valence-corrected chi connectivity index (χ2v) is 21.0. The first-order chi connectivity index (χ1) is 43.1. The number of aliphatic carboxylic acids is 3. The van der Waals surface area contributed by atoms with Gasteiger partial charge in [-0.15, -0.1) is 0 Å². The molecule has 1 fully saturated rings. The monoisotopic (exact) mass is 1260 g/mol. The number of phenols is 1. The van der Waals surface area contributed by atoms with Gasteiger partial charge in [-0.1, -0.05) is 54.6 Å². The average molecular weight is 1260 g/mol. The lowest BCUT2D eigenvalue weighted by Gasteiger charge is -2.32. The molecule has 1 aliphatic rings. The summed E-state index contributed by atoms with van der Waals surface area (Å²) in [4.78, 5) is 151. The highest BCUT2D eigenvalue weighted by molar-refractivity contribution is 5.97. The van der Waals surface area contributed by atoms with Gasteiger partial charge in [0, 0.05) is 78.8 Å². The molecule has 1 saturated heterocycles. The van der Waals surface area contributed by atoms with Crippen molar-refractivity contribution in [1.29, 1.82) is 0 Å². The number of carboxylic acid groups (broad SMARTS) is 3. The molecule has 17 N–H and O–H groups in total. The number of guanidine groups is 1. The van der Waals surface area contributed by atoms with Crippen molar-refractivity contribution < 1.29 is 82.6 Å². The van der Waals surface area contributed by atoms with E-state index in [1.165, 1.54) is 19.2 Å². The Labute approximate surface area is 519 Å². The number of hydrogen-bond donors (Lipinski definition) is 15. The molecule has 3 aromatic rings.